The van der Waals surface area contributed by atoms with E-state index in [4.69, 9.17) is 9.15 Å². The summed E-state index contributed by atoms with van der Waals surface area (Å²) in [4.78, 5) is 30.2. The molecule has 1 amide bonds. The zero-order chi connectivity index (χ0) is 20.9. The standard InChI is InChI=1S/C24H26N2O4/c1-18(16-25-11-13-29-14-12-25)26(17-19-7-3-2-4-8-19)23(27)21-15-20-9-5-6-10-22(20)30-24(21)28/h2-10,15,18H,11-14,16-17H2,1H3. The summed E-state index contributed by atoms with van der Waals surface area (Å²) in [7, 11) is 0. The Morgan fingerprint density at radius 2 is 1.77 bits per heavy atom. The molecule has 1 aliphatic heterocycles. The minimum absolute atomic E-state index is 0.0680. The number of morpholine rings is 1. The molecule has 6 heteroatoms. The first-order valence-electron chi connectivity index (χ1n) is 10.3. The highest BCUT2D eigenvalue weighted by atomic mass is 16.5. The lowest BCUT2D eigenvalue weighted by molar-refractivity contribution is 0.0228. The van der Waals surface area contributed by atoms with E-state index in [9.17, 15) is 9.59 Å². The predicted molar refractivity (Wildman–Crippen MR) is 116 cm³/mol. The molecule has 1 unspecified atom stereocenters. The van der Waals surface area contributed by atoms with Crippen molar-refractivity contribution in [2.75, 3.05) is 32.8 Å². The van der Waals surface area contributed by atoms with Crippen molar-refractivity contribution in [1.82, 2.24) is 9.80 Å². The molecule has 0 aliphatic carbocycles. The topological polar surface area (TPSA) is 63.0 Å². The maximum Gasteiger partial charge on any atom is 0.349 e. The van der Waals surface area contributed by atoms with Gasteiger partial charge in [0.05, 0.1) is 13.2 Å². The van der Waals surface area contributed by atoms with Crippen LogP contribution in [0.3, 0.4) is 0 Å². The van der Waals surface area contributed by atoms with Crippen LogP contribution in [0, 0.1) is 0 Å². The third kappa shape index (κ3) is 4.61. The van der Waals surface area contributed by atoms with Gasteiger partial charge in [-0.3, -0.25) is 9.69 Å². The Balaban J connectivity index is 1.64. The van der Waals surface area contributed by atoms with Gasteiger partial charge in [-0.05, 0) is 24.6 Å². The maximum atomic E-state index is 13.5. The number of para-hydroxylation sites is 1. The van der Waals surface area contributed by atoms with Gasteiger partial charge in [0.2, 0.25) is 0 Å². The van der Waals surface area contributed by atoms with E-state index in [1.807, 2.05) is 49.4 Å². The van der Waals surface area contributed by atoms with Crippen LogP contribution in [0.1, 0.15) is 22.8 Å². The smallest absolute Gasteiger partial charge is 0.349 e. The second-order valence-corrected chi connectivity index (χ2v) is 7.67. The first-order chi connectivity index (χ1) is 14.6. The molecule has 0 N–H and O–H groups in total. The Morgan fingerprint density at radius 3 is 2.53 bits per heavy atom. The molecule has 0 saturated carbocycles. The van der Waals surface area contributed by atoms with Crippen LogP contribution >= 0.6 is 0 Å². The fourth-order valence-electron chi connectivity index (χ4n) is 3.83. The van der Waals surface area contributed by atoms with E-state index in [0.717, 1.165) is 30.6 Å². The second-order valence-electron chi connectivity index (χ2n) is 7.67. The minimum Gasteiger partial charge on any atom is -0.422 e. The molecule has 0 spiro atoms. The third-order valence-corrected chi connectivity index (χ3v) is 5.49. The van der Waals surface area contributed by atoms with Crippen molar-refractivity contribution in [3.05, 3.63) is 82.2 Å². The number of rotatable bonds is 6. The summed E-state index contributed by atoms with van der Waals surface area (Å²) in [6.07, 6.45) is 0. The lowest BCUT2D eigenvalue weighted by atomic mass is 10.1. The third-order valence-electron chi connectivity index (χ3n) is 5.49. The van der Waals surface area contributed by atoms with Crippen LogP contribution in [0.25, 0.3) is 11.0 Å². The Hall–Kier alpha value is -2.96. The summed E-state index contributed by atoms with van der Waals surface area (Å²) in [5.74, 6) is -0.306. The van der Waals surface area contributed by atoms with Crippen LogP contribution < -0.4 is 5.63 Å². The molecule has 1 aromatic heterocycles. The van der Waals surface area contributed by atoms with Crippen molar-refractivity contribution < 1.29 is 13.9 Å². The van der Waals surface area contributed by atoms with Crippen molar-refractivity contribution >= 4 is 16.9 Å². The number of carbonyl (C=O) groups excluding carboxylic acids is 1. The Labute approximate surface area is 175 Å². The number of carbonyl (C=O) groups is 1. The summed E-state index contributed by atoms with van der Waals surface area (Å²) in [6, 6.07) is 18.6. The zero-order valence-corrected chi connectivity index (χ0v) is 17.1. The first-order valence-corrected chi connectivity index (χ1v) is 10.3. The Morgan fingerprint density at radius 1 is 1.07 bits per heavy atom. The van der Waals surface area contributed by atoms with Gasteiger partial charge in [0.15, 0.2) is 0 Å². The summed E-state index contributed by atoms with van der Waals surface area (Å²) < 4.78 is 10.8. The molecule has 1 aliphatic rings. The van der Waals surface area contributed by atoms with Crippen LogP contribution in [-0.2, 0) is 11.3 Å². The van der Waals surface area contributed by atoms with Gasteiger partial charge in [-0.2, -0.15) is 0 Å². The summed E-state index contributed by atoms with van der Waals surface area (Å²) in [6.45, 7) is 6.27. The van der Waals surface area contributed by atoms with Crippen molar-refractivity contribution in [3.8, 4) is 0 Å². The Kier molecular flexibility index (Phi) is 6.26. The van der Waals surface area contributed by atoms with Crippen molar-refractivity contribution in [2.24, 2.45) is 0 Å². The monoisotopic (exact) mass is 406 g/mol. The molecular formula is C24H26N2O4. The molecular weight excluding hydrogens is 380 g/mol. The number of amides is 1. The fourth-order valence-corrected chi connectivity index (χ4v) is 3.83. The molecule has 1 atom stereocenters. The number of ether oxygens (including phenoxy) is 1. The van der Waals surface area contributed by atoms with E-state index < -0.39 is 5.63 Å². The number of hydrogen-bond donors (Lipinski definition) is 0. The minimum atomic E-state index is -0.602. The highest BCUT2D eigenvalue weighted by Gasteiger charge is 2.27. The van der Waals surface area contributed by atoms with Gasteiger partial charge in [-0.1, -0.05) is 48.5 Å². The van der Waals surface area contributed by atoms with Gasteiger partial charge >= 0.3 is 5.63 Å². The van der Waals surface area contributed by atoms with Crippen LogP contribution in [0.4, 0.5) is 0 Å². The molecule has 0 radical (unpaired) electrons. The van der Waals surface area contributed by atoms with Crippen LogP contribution in [0.5, 0.6) is 0 Å². The van der Waals surface area contributed by atoms with E-state index in [1.54, 1.807) is 23.1 Å². The van der Waals surface area contributed by atoms with E-state index in [-0.39, 0.29) is 17.5 Å². The zero-order valence-electron chi connectivity index (χ0n) is 17.1. The van der Waals surface area contributed by atoms with Gasteiger partial charge in [0.1, 0.15) is 11.1 Å². The SMILES string of the molecule is CC(CN1CCOCC1)N(Cc1ccccc1)C(=O)c1cc2ccccc2oc1=O. The quantitative estimate of drug-likeness (QED) is 0.589. The summed E-state index contributed by atoms with van der Waals surface area (Å²) in [5, 5.41) is 0.737. The molecule has 156 valence electrons. The van der Waals surface area contributed by atoms with Gasteiger partial charge in [-0.15, -0.1) is 0 Å². The highest BCUT2D eigenvalue weighted by molar-refractivity contribution is 5.96. The van der Waals surface area contributed by atoms with Gasteiger partial charge < -0.3 is 14.1 Å². The first kappa shape index (κ1) is 20.3. The average Bonchev–Trinajstić information content (AvgIpc) is 2.78. The normalized spacial score (nSPS) is 15.8. The molecule has 2 heterocycles. The van der Waals surface area contributed by atoms with Crippen molar-refractivity contribution in [3.63, 3.8) is 0 Å². The van der Waals surface area contributed by atoms with E-state index in [1.165, 1.54) is 0 Å². The largest absolute Gasteiger partial charge is 0.422 e. The van der Waals surface area contributed by atoms with E-state index >= 15 is 0 Å². The second kappa shape index (κ2) is 9.24. The van der Waals surface area contributed by atoms with Crippen LogP contribution in [-0.4, -0.2) is 54.6 Å². The van der Waals surface area contributed by atoms with Crippen molar-refractivity contribution in [2.45, 2.75) is 19.5 Å². The molecule has 3 aromatic rings. The fraction of sp³-hybridized carbons (Fsp3) is 0.333. The Bertz CT molecular complexity index is 1060. The van der Waals surface area contributed by atoms with Gasteiger partial charge in [0.25, 0.3) is 5.91 Å². The number of nitrogens with zero attached hydrogens (tertiary/aromatic N) is 2. The average molecular weight is 406 g/mol. The van der Waals surface area contributed by atoms with Gasteiger partial charge in [-0.25, -0.2) is 4.79 Å². The predicted octanol–water partition coefficient (Wildman–Crippen LogP) is 3.16. The highest BCUT2D eigenvalue weighted by Crippen LogP contribution is 2.17. The lowest BCUT2D eigenvalue weighted by Gasteiger charge is -2.35. The lowest BCUT2D eigenvalue weighted by Crippen LogP contribution is -2.48. The van der Waals surface area contributed by atoms with E-state index in [0.29, 0.717) is 25.3 Å². The number of hydrogen-bond acceptors (Lipinski definition) is 5. The molecule has 30 heavy (non-hydrogen) atoms. The number of benzene rings is 2. The van der Waals surface area contributed by atoms with Gasteiger partial charge in [0, 0.05) is 37.6 Å². The van der Waals surface area contributed by atoms with Crippen molar-refractivity contribution in [1.29, 1.82) is 0 Å². The molecule has 1 fully saturated rings. The molecule has 4 rings (SSSR count). The van der Waals surface area contributed by atoms with E-state index in [2.05, 4.69) is 4.90 Å². The van der Waals surface area contributed by atoms with Crippen LogP contribution in [0.2, 0.25) is 0 Å². The number of fused-ring (bicyclic) bond motifs is 1. The molecule has 6 nitrogen and oxygen atoms in total. The summed E-state index contributed by atoms with van der Waals surface area (Å²) in [5.41, 5.74) is 0.966. The molecule has 1 saturated heterocycles. The van der Waals surface area contributed by atoms with Crippen LogP contribution in [0.15, 0.2) is 69.9 Å². The molecule has 0 bridgehead atoms. The summed E-state index contributed by atoms with van der Waals surface area (Å²) >= 11 is 0. The molecule has 2 aromatic carbocycles. The maximum absolute atomic E-state index is 13.5.